The normalized spacial score (nSPS) is 20.6. The lowest BCUT2D eigenvalue weighted by Crippen LogP contribution is -2.35. The minimum atomic E-state index is -4.44. The predicted molar refractivity (Wildman–Crippen MR) is 71.0 cm³/mol. The van der Waals surface area contributed by atoms with E-state index in [-0.39, 0.29) is 11.5 Å². The molecule has 1 saturated carbocycles. The highest BCUT2D eigenvalue weighted by molar-refractivity contribution is 5.33. The second kappa shape index (κ2) is 6.14. The van der Waals surface area contributed by atoms with Gasteiger partial charge in [-0.05, 0) is 30.4 Å². The van der Waals surface area contributed by atoms with Crippen molar-refractivity contribution in [3.8, 4) is 0 Å². The van der Waals surface area contributed by atoms with Crippen molar-refractivity contribution in [1.82, 2.24) is 0 Å². The molecule has 0 radical (unpaired) electrons. The molecule has 0 bridgehead atoms. The zero-order chi connectivity index (χ0) is 14.8. The van der Waals surface area contributed by atoms with Crippen LogP contribution in [0.4, 0.5) is 13.2 Å². The van der Waals surface area contributed by atoms with E-state index in [2.05, 4.69) is 0 Å². The van der Waals surface area contributed by atoms with E-state index in [1.807, 2.05) is 0 Å². The highest BCUT2D eigenvalue weighted by atomic mass is 19.4. The molecule has 1 aliphatic carbocycles. The summed E-state index contributed by atoms with van der Waals surface area (Å²) >= 11 is 0. The first-order valence-electron chi connectivity index (χ1n) is 7.01. The Bertz CT molecular complexity index is 441. The molecule has 0 saturated heterocycles. The van der Waals surface area contributed by atoms with Gasteiger partial charge in [-0.3, -0.25) is 0 Å². The number of nitrogens with two attached hydrogens (primary N) is 1. The third-order valence-corrected chi connectivity index (χ3v) is 4.13. The van der Waals surface area contributed by atoms with E-state index >= 15 is 0 Å². The Morgan fingerprint density at radius 2 is 1.70 bits per heavy atom. The van der Waals surface area contributed by atoms with Gasteiger partial charge in [0.2, 0.25) is 0 Å². The number of hydrogen-bond acceptors (Lipinski definition) is 2. The van der Waals surface area contributed by atoms with Crippen molar-refractivity contribution in [3.05, 3.63) is 35.4 Å². The van der Waals surface area contributed by atoms with Crippen molar-refractivity contribution in [1.29, 1.82) is 0 Å². The summed E-state index contributed by atoms with van der Waals surface area (Å²) < 4.78 is 38.9. The van der Waals surface area contributed by atoms with Gasteiger partial charge in [-0.15, -0.1) is 0 Å². The van der Waals surface area contributed by atoms with Gasteiger partial charge in [0.05, 0.1) is 17.7 Å². The van der Waals surface area contributed by atoms with Crippen molar-refractivity contribution in [2.75, 3.05) is 0 Å². The molecule has 5 heteroatoms. The van der Waals surface area contributed by atoms with Crippen LogP contribution in [0.1, 0.15) is 49.3 Å². The van der Waals surface area contributed by atoms with Gasteiger partial charge in [-0.1, -0.05) is 37.5 Å². The number of aliphatic hydroxyl groups is 1. The molecule has 0 amide bonds. The molecule has 0 heterocycles. The SMILES string of the molecule is N[C@@H](c1ccccc1C(F)(F)F)[C@H](O)C1CCCCC1. The van der Waals surface area contributed by atoms with Crippen molar-refractivity contribution >= 4 is 0 Å². The summed E-state index contributed by atoms with van der Waals surface area (Å²) in [7, 11) is 0. The molecule has 2 atom stereocenters. The lowest BCUT2D eigenvalue weighted by Gasteiger charge is -2.31. The predicted octanol–water partition coefficient (Wildman–Crippen LogP) is 3.65. The van der Waals surface area contributed by atoms with Gasteiger partial charge in [-0.25, -0.2) is 0 Å². The summed E-state index contributed by atoms with van der Waals surface area (Å²) in [6, 6.07) is 4.25. The van der Waals surface area contributed by atoms with Gasteiger partial charge in [0.1, 0.15) is 0 Å². The smallest absolute Gasteiger partial charge is 0.391 e. The van der Waals surface area contributed by atoms with E-state index < -0.39 is 23.9 Å². The zero-order valence-corrected chi connectivity index (χ0v) is 11.2. The van der Waals surface area contributed by atoms with Gasteiger partial charge in [0.15, 0.2) is 0 Å². The third-order valence-electron chi connectivity index (χ3n) is 4.13. The largest absolute Gasteiger partial charge is 0.416 e. The second-order valence-electron chi connectivity index (χ2n) is 5.50. The molecule has 0 aromatic heterocycles. The highest BCUT2D eigenvalue weighted by Gasteiger charge is 2.37. The Balaban J connectivity index is 2.22. The fraction of sp³-hybridized carbons (Fsp3) is 0.600. The number of hydrogen-bond donors (Lipinski definition) is 2. The van der Waals surface area contributed by atoms with Gasteiger partial charge >= 0.3 is 6.18 Å². The summed E-state index contributed by atoms with van der Waals surface area (Å²) in [4.78, 5) is 0. The maximum Gasteiger partial charge on any atom is 0.416 e. The first kappa shape index (κ1) is 15.3. The topological polar surface area (TPSA) is 46.2 Å². The van der Waals surface area contributed by atoms with Gasteiger partial charge in [0, 0.05) is 0 Å². The second-order valence-corrected chi connectivity index (χ2v) is 5.50. The maximum atomic E-state index is 13.0. The number of aliphatic hydroxyl groups excluding tert-OH is 1. The first-order valence-corrected chi connectivity index (χ1v) is 7.01. The molecule has 1 aromatic rings. The fourth-order valence-electron chi connectivity index (χ4n) is 3.00. The van der Waals surface area contributed by atoms with E-state index in [1.54, 1.807) is 0 Å². The van der Waals surface area contributed by atoms with Gasteiger partial charge in [-0.2, -0.15) is 13.2 Å². The number of rotatable bonds is 3. The molecule has 3 N–H and O–H groups in total. The van der Waals surface area contributed by atoms with Crippen molar-refractivity contribution in [3.63, 3.8) is 0 Å². The van der Waals surface area contributed by atoms with Crippen LogP contribution in [0.25, 0.3) is 0 Å². The Hall–Kier alpha value is -1.07. The molecule has 0 unspecified atom stereocenters. The van der Waals surface area contributed by atoms with Crippen LogP contribution >= 0.6 is 0 Å². The number of halogens is 3. The monoisotopic (exact) mass is 287 g/mol. The van der Waals surface area contributed by atoms with Gasteiger partial charge in [0.25, 0.3) is 0 Å². The van der Waals surface area contributed by atoms with Crippen LogP contribution in [-0.4, -0.2) is 11.2 Å². The highest BCUT2D eigenvalue weighted by Crippen LogP contribution is 2.37. The van der Waals surface area contributed by atoms with Crippen LogP contribution in [0.2, 0.25) is 0 Å². The summed E-state index contributed by atoms with van der Waals surface area (Å²) in [6.45, 7) is 0. The Morgan fingerprint density at radius 1 is 1.10 bits per heavy atom. The van der Waals surface area contributed by atoms with Crippen molar-refractivity contribution in [2.45, 2.75) is 50.4 Å². The minimum Gasteiger partial charge on any atom is -0.391 e. The molecule has 2 rings (SSSR count). The van der Waals surface area contributed by atoms with Crippen LogP contribution < -0.4 is 5.73 Å². The molecule has 112 valence electrons. The van der Waals surface area contributed by atoms with E-state index in [9.17, 15) is 18.3 Å². The quantitative estimate of drug-likeness (QED) is 0.891. The minimum absolute atomic E-state index is 0.0000368. The van der Waals surface area contributed by atoms with E-state index in [1.165, 1.54) is 18.2 Å². The van der Waals surface area contributed by atoms with E-state index in [4.69, 9.17) is 5.73 Å². The zero-order valence-electron chi connectivity index (χ0n) is 11.2. The lowest BCUT2D eigenvalue weighted by atomic mass is 9.80. The molecular weight excluding hydrogens is 267 g/mol. The average Bonchev–Trinajstić information content (AvgIpc) is 2.46. The number of benzene rings is 1. The molecule has 0 spiro atoms. The van der Waals surface area contributed by atoms with Gasteiger partial charge < -0.3 is 10.8 Å². The standard InChI is InChI=1S/C15H20F3NO/c16-15(17,18)12-9-5-4-8-11(12)13(19)14(20)10-6-2-1-3-7-10/h4-5,8-10,13-14,20H,1-3,6-7,19H2/t13-,14+/m0/s1. The lowest BCUT2D eigenvalue weighted by molar-refractivity contribution is -0.138. The molecule has 2 nitrogen and oxygen atoms in total. The van der Waals surface area contributed by atoms with Crippen LogP contribution in [0.3, 0.4) is 0 Å². The molecular formula is C15H20F3NO. The van der Waals surface area contributed by atoms with Crippen LogP contribution in [0, 0.1) is 5.92 Å². The Labute approximate surface area is 116 Å². The van der Waals surface area contributed by atoms with E-state index in [0.29, 0.717) is 0 Å². The van der Waals surface area contributed by atoms with Crippen molar-refractivity contribution < 1.29 is 18.3 Å². The Kier molecular flexibility index (Phi) is 4.70. The third kappa shape index (κ3) is 3.33. The maximum absolute atomic E-state index is 13.0. The van der Waals surface area contributed by atoms with Crippen LogP contribution in [0.5, 0.6) is 0 Å². The van der Waals surface area contributed by atoms with Crippen LogP contribution in [0.15, 0.2) is 24.3 Å². The van der Waals surface area contributed by atoms with E-state index in [0.717, 1.165) is 38.2 Å². The molecule has 0 aliphatic heterocycles. The van der Waals surface area contributed by atoms with Crippen LogP contribution in [-0.2, 0) is 6.18 Å². The molecule has 20 heavy (non-hydrogen) atoms. The molecule has 1 aliphatic rings. The van der Waals surface area contributed by atoms with Crippen molar-refractivity contribution in [2.24, 2.45) is 11.7 Å². The first-order chi connectivity index (χ1) is 9.41. The molecule has 1 fully saturated rings. The summed E-state index contributed by atoms with van der Waals surface area (Å²) in [5, 5.41) is 10.3. The summed E-state index contributed by atoms with van der Waals surface area (Å²) in [5.74, 6) is 0.0000368. The summed E-state index contributed by atoms with van der Waals surface area (Å²) in [5.41, 5.74) is 5.15. The fourth-order valence-corrected chi connectivity index (χ4v) is 3.00. The molecule has 1 aromatic carbocycles. The summed E-state index contributed by atoms with van der Waals surface area (Å²) in [6.07, 6.45) is -0.548. The Morgan fingerprint density at radius 3 is 2.30 bits per heavy atom. The average molecular weight is 287 g/mol. The number of alkyl halides is 3.